The Morgan fingerprint density at radius 1 is 1.29 bits per heavy atom. The fourth-order valence-corrected chi connectivity index (χ4v) is 4.61. The third-order valence-electron chi connectivity index (χ3n) is 5.54. The molecule has 5 N–H and O–H groups in total. The highest BCUT2D eigenvalue weighted by Crippen LogP contribution is 2.26. The molecule has 34 heavy (non-hydrogen) atoms. The van der Waals surface area contributed by atoms with Crippen LogP contribution in [0.2, 0.25) is 0 Å². The summed E-state index contributed by atoms with van der Waals surface area (Å²) in [5.41, 5.74) is 9.20. The van der Waals surface area contributed by atoms with Crippen LogP contribution in [0.15, 0.2) is 60.1 Å². The maximum atomic E-state index is 13.3. The average molecular weight is 476 g/mol. The van der Waals surface area contributed by atoms with Crippen molar-refractivity contribution in [3.05, 3.63) is 76.8 Å². The number of nitrogens with two attached hydrogens (primary N) is 1. The maximum Gasteiger partial charge on any atom is 0.255 e. The van der Waals surface area contributed by atoms with Crippen LogP contribution < -0.4 is 15.8 Å². The first kappa shape index (κ1) is 24.0. The number of aliphatic hydroxyl groups is 1. The molecule has 0 aliphatic carbocycles. The van der Waals surface area contributed by atoms with E-state index in [4.69, 9.17) is 10.5 Å². The van der Waals surface area contributed by atoms with Crippen LogP contribution in [0, 0.1) is 17.8 Å². The Kier molecular flexibility index (Phi) is 7.63. The number of benzene rings is 2. The van der Waals surface area contributed by atoms with Gasteiger partial charge in [0, 0.05) is 22.7 Å². The number of amides is 1. The van der Waals surface area contributed by atoms with E-state index < -0.39 is 6.04 Å². The summed E-state index contributed by atoms with van der Waals surface area (Å²) in [4.78, 5) is 16.5. The zero-order chi connectivity index (χ0) is 24.1. The lowest BCUT2D eigenvalue weighted by molar-refractivity contribution is 0.0910. The van der Waals surface area contributed by atoms with E-state index in [0.29, 0.717) is 23.3 Å². The molecule has 4 rings (SSSR count). The van der Waals surface area contributed by atoms with Gasteiger partial charge in [0.15, 0.2) is 0 Å². The highest BCUT2D eigenvalue weighted by molar-refractivity contribution is 8.02. The molecule has 0 saturated carbocycles. The number of fused-ring (bicyclic) bond motifs is 1. The van der Waals surface area contributed by atoms with Crippen molar-refractivity contribution in [1.82, 2.24) is 10.3 Å². The van der Waals surface area contributed by atoms with Gasteiger partial charge in [-0.1, -0.05) is 36.1 Å². The molecular formula is C27H29N3O3S. The van der Waals surface area contributed by atoms with E-state index in [2.05, 4.69) is 22.1 Å². The van der Waals surface area contributed by atoms with Crippen LogP contribution in [0.3, 0.4) is 0 Å². The van der Waals surface area contributed by atoms with Gasteiger partial charge < -0.3 is 25.9 Å². The molecule has 3 aromatic rings. The van der Waals surface area contributed by atoms with Crippen molar-refractivity contribution in [3.8, 4) is 17.6 Å². The molecule has 2 heterocycles. The predicted octanol–water partition coefficient (Wildman–Crippen LogP) is 3.80. The van der Waals surface area contributed by atoms with Gasteiger partial charge in [-0.15, -0.1) is 11.8 Å². The van der Waals surface area contributed by atoms with Crippen molar-refractivity contribution in [1.29, 1.82) is 0 Å². The van der Waals surface area contributed by atoms with E-state index in [0.717, 1.165) is 16.5 Å². The van der Waals surface area contributed by atoms with Gasteiger partial charge in [-0.3, -0.25) is 4.79 Å². The first-order chi connectivity index (χ1) is 16.4. The molecule has 0 saturated heterocycles. The topological polar surface area (TPSA) is 100 Å². The number of carbonyl (C=O) groups excluding carboxylic acids is 1. The summed E-state index contributed by atoms with van der Waals surface area (Å²) < 4.78 is 5.88. The summed E-state index contributed by atoms with van der Waals surface area (Å²) in [6, 6.07) is 12.9. The summed E-state index contributed by atoms with van der Waals surface area (Å²) in [6.45, 7) is 3.64. The van der Waals surface area contributed by atoms with Crippen LogP contribution in [0.25, 0.3) is 10.9 Å². The molecule has 0 bridgehead atoms. The van der Waals surface area contributed by atoms with Gasteiger partial charge in [0.2, 0.25) is 0 Å². The molecule has 1 aromatic heterocycles. The smallest absolute Gasteiger partial charge is 0.255 e. The van der Waals surface area contributed by atoms with E-state index in [1.54, 1.807) is 23.9 Å². The third-order valence-corrected chi connectivity index (χ3v) is 6.46. The lowest BCUT2D eigenvalue weighted by atomic mass is 10.0. The van der Waals surface area contributed by atoms with Crippen molar-refractivity contribution < 1.29 is 14.6 Å². The van der Waals surface area contributed by atoms with Gasteiger partial charge in [-0.2, -0.15) is 0 Å². The monoisotopic (exact) mass is 475 g/mol. The number of thioether (sulfide) groups is 1. The fourth-order valence-electron chi connectivity index (χ4n) is 3.84. The number of carbonyl (C=O) groups is 1. The van der Waals surface area contributed by atoms with E-state index in [-0.39, 0.29) is 29.9 Å². The fraction of sp³-hybridized carbons (Fsp3) is 0.296. The molecule has 0 fully saturated rings. The first-order valence-electron chi connectivity index (χ1n) is 11.3. The highest BCUT2D eigenvalue weighted by atomic mass is 32.2. The Hall–Kier alpha value is -3.18. The second-order valence-corrected chi connectivity index (χ2v) is 9.61. The average Bonchev–Trinajstić information content (AvgIpc) is 3.43. The number of aromatic amines is 1. The Morgan fingerprint density at radius 2 is 2.12 bits per heavy atom. The van der Waals surface area contributed by atoms with Gasteiger partial charge in [0.25, 0.3) is 5.91 Å². The number of aromatic nitrogens is 1. The van der Waals surface area contributed by atoms with Crippen molar-refractivity contribution in [2.24, 2.45) is 11.7 Å². The minimum Gasteiger partial charge on any atom is -0.490 e. The Bertz CT molecular complexity index is 1250. The second-order valence-electron chi connectivity index (χ2n) is 8.52. The second kappa shape index (κ2) is 10.8. The van der Waals surface area contributed by atoms with Crippen LogP contribution in [-0.4, -0.2) is 40.1 Å². The summed E-state index contributed by atoms with van der Waals surface area (Å²) in [5, 5.41) is 15.9. The quantitative estimate of drug-likeness (QED) is 0.390. The van der Waals surface area contributed by atoms with E-state index in [1.807, 2.05) is 61.9 Å². The Labute approximate surface area is 204 Å². The number of hydrogen-bond acceptors (Lipinski definition) is 5. The Morgan fingerprint density at radius 3 is 2.85 bits per heavy atom. The molecule has 2 unspecified atom stereocenters. The van der Waals surface area contributed by atoms with Crippen molar-refractivity contribution in [2.75, 3.05) is 6.61 Å². The molecule has 1 aliphatic rings. The SMILES string of the molecule is CC(C)Oc1ccc(C#CC2C=CSC2N)cc1C(=O)N[C@@H](CO)Cc1c[nH]c2ccccc12. The molecule has 0 spiro atoms. The zero-order valence-electron chi connectivity index (χ0n) is 19.2. The zero-order valence-corrected chi connectivity index (χ0v) is 20.1. The highest BCUT2D eigenvalue weighted by Gasteiger charge is 2.20. The molecule has 3 atom stereocenters. The van der Waals surface area contributed by atoms with Crippen LogP contribution in [0.1, 0.15) is 35.3 Å². The number of hydrogen-bond donors (Lipinski definition) is 4. The minimum absolute atomic E-state index is 0.0243. The van der Waals surface area contributed by atoms with Gasteiger partial charge >= 0.3 is 0 Å². The summed E-state index contributed by atoms with van der Waals surface area (Å²) in [5.74, 6) is 6.45. The molecule has 2 aromatic carbocycles. The van der Waals surface area contributed by atoms with Gasteiger partial charge in [0.05, 0.1) is 35.6 Å². The number of rotatable bonds is 7. The molecule has 1 amide bonds. The number of H-pyrrole nitrogens is 1. The molecule has 1 aliphatic heterocycles. The Balaban J connectivity index is 1.55. The number of ether oxygens (including phenoxy) is 1. The largest absolute Gasteiger partial charge is 0.490 e. The van der Waals surface area contributed by atoms with Crippen molar-refractivity contribution >= 4 is 28.6 Å². The molecule has 0 radical (unpaired) electrons. The maximum absolute atomic E-state index is 13.3. The van der Waals surface area contributed by atoms with E-state index in [1.165, 1.54) is 0 Å². The summed E-state index contributed by atoms with van der Waals surface area (Å²) in [7, 11) is 0. The van der Waals surface area contributed by atoms with Gasteiger partial charge in [-0.25, -0.2) is 0 Å². The molecular weight excluding hydrogens is 446 g/mol. The van der Waals surface area contributed by atoms with Gasteiger partial charge in [0.1, 0.15) is 5.75 Å². The molecule has 7 heteroatoms. The number of para-hydroxylation sites is 1. The van der Waals surface area contributed by atoms with Crippen molar-refractivity contribution in [3.63, 3.8) is 0 Å². The normalized spacial score (nSPS) is 18.0. The van der Waals surface area contributed by atoms with E-state index in [9.17, 15) is 9.90 Å². The van der Waals surface area contributed by atoms with E-state index >= 15 is 0 Å². The lowest BCUT2D eigenvalue weighted by Gasteiger charge is -2.19. The minimum atomic E-state index is -0.452. The third kappa shape index (κ3) is 5.65. The lowest BCUT2D eigenvalue weighted by Crippen LogP contribution is -2.39. The first-order valence-corrected chi connectivity index (χ1v) is 12.3. The summed E-state index contributed by atoms with van der Waals surface area (Å²) >= 11 is 1.55. The van der Waals surface area contributed by atoms with Crippen LogP contribution in [0.5, 0.6) is 5.75 Å². The standard InChI is InChI=1S/C27H29N3O3S/c1-17(2)33-25-10-8-18(7-9-19-11-12-34-26(19)28)13-23(25)27(32)30-21(16-31)14-20-15-29-24-6-4-3-5-22(20)24/h3-6,8,10-13,15,17,19,21,26,29,31H,14,16,28H2,1-2H3,(H,30,32)/t19?,21-,26?/m1/s1. The summed E-state index contributed by atoms with van der Waals surface area (Å²) in [6.07, 6.45) is 4.31. The van der Waals surface area contributed by atoms with Gasteiger partial charge in [-0.05, 0) is 55.5 Å². The predicted molar refractivity (Wildman–Crippen MR) is 138 cm³/mol. The molecule has 176 valence electrons. The van der Waals surface area contributed by atoms with Crippen LogP contribution >= 0.6 is 11.8 Å². The number of aliphatic hydroxyl groups excluding tert-OH is 1. The van der Waals surface area contributed by atoms with Crippen LogP contribution in [0.4, 0.5) is 0 Å². The molecule has 6 nitrogen and oxygen atoms in total. The van der Waals surface area contributed by atoms with Crippen molar-refractivity contribution in [2.45, 2.75) is 37.8 Å². The number of nitrogens with one attached hydrogen (secondary N) is 2. The van der Waals surface area contributed by atoms with Crippen LogP contribution in [-0.2, 0) is 6.42 Å².